The number of nitro benzene ring substituents is 1. The Labute approximate surface area is 178 Å². The standard InChI is InChI=1S/C23H19N5O3/c1-15-8-13-20(16(2)14-15)24-23(29)22-21(17-9-11-19(12-10-17)28(30)31)25-27(26-22)18-6-4-3-5-7-18/h3-14H,1-2H3,(H,24,29). The number of hydrogen-bond donors (Lipinski definition) is 1. The minimum atomic E-state index is -0.474. The van der Waals surface area contributed by atoms with E-state index in [1.807, 2.05) is 62.4 Å². The molecule has 4 aromatic rings. The lowest BCUT2D eigenvalue weighted by Gasteiger charge is -2.08. The third kappa shape index (κ3) is 4.18. The summed E-state index contributed by atoms with van der Waals surface area (Å²) in [4.78, 5) is 25.0. The number of benzene rings is 3. The van der Waals surface area contributed by atoms with Crippen molar-refractivity contribution in [2.24, 2.45) is 0 Å². The van der Waals surface area contributed by atoms with E-state index in [0.717, 1.165) is 11.1 Å². The molecule has 8 nitrogen and oxygen atoms in total. The van der Waals surface area contributed by atoms with Crippen LogP contribution in [0.1, 0.15) is 21.6 Å². The predicted octanol–water partition coefficient (Wildman–Crippen LogP) is 4.71. The zero-order chi connectivity index (χ0) is 22.0. The largest absolute Gasteiger partial charge is 0.320 e. The number of rotatable bonds is 5. The number of amides is 1. The van der Waals surface area contributed by atoms with E-state index in [-0.39, 0.29) is 11.4 Å². The highest BCUT2D eigenvalue weighted by atomic mass is 16.6. The molecule has 1 aromatic heterocycles. The number of para-hydroxylation sites is 1. The molecule has 3 aromatic carbocycles. The summed E-state index contributed by atoms with van der Waals surface area (Å²) in [5, 5.41) is 22.8. The van der Waals surface area contributed by atoms with Crippen LogP contribution in [0.3, 0.4) is 0 Å². The first kappa shape index (κ1) is 20.0. The number of nitro groups is 1. The van der Waals surface area contributed by atoms with E-state index in [9.17, 15) is 14.9 Å². The second kappa shape index (κ2) is 8.19. The maximum Gasteiger partial charge on any atom is 0.278 e. The van der Waals surface area contributed by atoms with Gasteiger partial charge in [-0.3, -0.25) is 14.9 Å². The average molecular weight is 413 g/mol. The van der Waals surface area contributed by atoms with Crippen molar-refractivity contribution in [3.05, 3.63) is 99.7 Å². The Morgan fingerprint density at radius 2 is 1.68 bits per heavy atom. The second-order valence-electron chi connectivity index (χ2n) is 7.10. The first-order chi connectivity index (χ1) is 14.9. The smallest absolute Gasteiger partial charge is 0.278 e. The molecule has 0 bridgehead atoms. The molecule has 1 amide bonds. The van der Waals surface area contributed by atoms with Gasteiger partial charge in [-0.05, 0) is 49.7 Å². The van der Waals surface area contributed by atoms with Gasteiger partial charge in [-0.1, -0.05) is 35.9 Å². The van der Waals surface area contributed by atoms with Crippen molar-refractivity contribution in [3.63, 3.8) is 0 Å². The van der Waals surface area contributed by atoms with Gasteiger partial charge in [0.25, 0.3) is 11.6 Å². The number of nitrogens with zero attached hydrogens (tertiary/aromatic N) is 4. The average Bonchev–Trinajstić information content (AvgIpc) is 3.22. The molecular weight excluding hydrogens is 394 g/mol. The lowest BCUT2D eigenvalue weighted by molar-refractivity contribution is -0.384. The summed E-state index contributed by atoms with van der Waals surface area (Å²) in [5.41, 5.74) is 4.37. The van der Waals surface area contributed by atoms with Crippen molar-refractivity contribution in [1.82, 2.24) is 15.0 Å². The van der Waals surface area contributed by atoms with Gasteiger partial charge in [0.1, 0.15) is 5.69 Å². The van der Waals surface area contributed by atoms with Gasteiger partial charge in [0.2, 0.25) is 0 Å². The van der Waals surface area contributed by atoms with E-state index in [2.05, 4.69) is 15.5 Å². The zero-order valence-electron chi connectivity index (χ0n) is 16.9. The molecule has 0 spiro atoms. The minimum absolute atomic E-state index is 0.0412. The molecule has 1 N–H and O–H groups in total. The van der Waals surface area contributed by atoms with Gasteiger partial charge in [-0.25, -0.2) is 0 Å². The molecule has 0 unspecified atom stereocenters. The first-order valence-corrected chi connectivity index (χ1v) is 9.58. The number of aromatic nitrogens is 3. The molecule has 154 valence electrons. The first-order valence-electron chi connectivity index (χ1n) is 9.58. The minimum Gasteiger partial charge on any atom is -0.320 e. The molecule has 0 aliphatic rings. The van der Waals surface area contributed by atoms with E-state index in [1.54, 1.807) is 12.1 Å². The van der Waals surface area contributed by atoms with Crippen molar-refractivity contribution in [1.29, 1.82) is 0 Å². The monoisotopic (exact) mass is 413 g/mol. The predicted molar refractivity (Wildman–Crippen MR) is 117 cm³/mol. The van der Waals surface area contributed by atoms with Crippen LogP contribution in [0.15, 0.2) is 72.8 Å². The normalized spacial score (nSPS) is 10.6. The van der Waals surface area contributed by atoms with Gasteiger partial charge in [-0.2, -0.15) is 4.80 Å². The Balaban J connectivity index is 1.76. The molecule has 0 radical (unpaired) electrons. The van der Waals surface area contributed by atoms with Crippen LogP contribution in [-0.4, -0.2) is 25.8 Å². The SMILES string of the molecule is Cc1ccc(NC(=O)c2nn(-c3ccccc3)nc2-c2ccc([N+](=O)[O-])cc2)c(C)c1. The molecule has 0 saturated carbocycles. The fraction of sp³-hybridized carbons (Fsp3) is 0.0870. The zero-order valence-corrected chi connectivity index (χ0v) is 16.9. The van der Waals surface area contributed by atoms with Gasteiger partial charge in [0, 0.05) is 23.4 Å². The summed E-state index contributed by atoms with van der Waals surface area (Å²) < 4.78 is 0. The third-order valence-electron chi connectivity index (χ3n) is 4.80. The van der Waals surface area contributed by atoms with Crippen LogP contribution in [-0.2, 0) is 0 Å². The van der Waals surface area contributed by atoms with Gasteiger partial charge in [0.05, 0.1) is 10.6 Å². The van der Waals surface area contributed by atoms with Gasteiger partial charge in [-0.15, -0.1) is 10.2 Å². The highest BCUT2D eigenvalue weighted by Gasteiger charge is 2.22. The van der Waals surface area contributed by atoms with Crippen LogP contribution >= 0.6 is 0 Å². The molecule has 0 saturated heterocycles. The van der Waals surface area contributed by atoms with Gasteiger partial charge in [0.15, 0.2) is 5.69 Å². The summed E-state index contributed by atoms with van der Waals surface area (Å²) in [5.74, 6) is -0.414. The molecule has 4 rings (SSSR count). The highest BCUT2D eigenvalue weighted by Crippen LogP contribution is 2.25. The Kier molecular flexibility index (Phi) is 5.28. The fourth-order valence-electron chi connectivity index (χ4n) is 3.21. The molecule has 0 fully saturated rings. The van der Waals surface area contributed by atoms with Crippen molar-refractivity contribution in [3.8, 4) is 16.9 Å². The molecule has 8 heteroatoms. The summed E-state index contributed by atoms with van der Waals surface area (Å²) in [7, 11) is 0. The maximum absolute atomic E-state index is 13.1. The summed E-state index contributed by atoms with van der Waals surface area (Å²) in [6.07, 6.45) is 0. The lowest BCUT2D eigenvalue weighted by Crippen LogP contribution is -2.15. The number of aryl methyl sites for hydroxylation is 2. The number of anilines is 1. The lowest BCUT2D eigenvalue weighted by atomic mass is 10.1. The van der Waals surface area contributed by atoms with Crippen LogP contribution < -0.4 is 5.32 Å². The van der Waals surface area contributed by atoms with Gasteiger partial charge < -0.3 is 5.32 Å². The molecule has 1 heterocycles. The van der Waals surface area contributed by atoms with E-state index in [4.69, 9.17) is 0 Å². The molecular formula is C23H19N5O3. The molecule has 0 atom stereocenters. The van der Waals surface area contributed by atoms with Crippen LogP contribution in [0, 0.1) is 24.0 Å². The van der Waals surface area contributed by atoms with E-state index < -0.39 is 10.8 Å². The number of carbonyl (C=O) groups excluding carboxylic acids is 1. The van der Waals surface area contributed by atoms with Crippen LogP contribution in [0.5, 0.6) is 0 Å². The van der Waals surface area contributed by atoms with E-state index >= 15 is 0 Å². The van der Waals surface area contributed by atoms with E-state index in [0.29, 0.717) is 22.6 Å². The Morgan fingerprint density at radius 1 is 0.968 bits per heavy atom. The number of carbonyl (C=O) groups is 1. The van der Waals surface area contributed by atoms with Crippen LogP contribution in [0.2, 0.25) is 0 Å². The van der Waals surface area contributed by atoms with Crippen molar-refractivity contribution in [2.45, 2.75) is 13.8 Å². The number of nitrogens with one attached hydrogen (secondary N) is 1. The highest BCUT2D eigenvalue weighted by molar-refractivity contribution is 6.07. The van der Waals surface area contributed by atoms with Crippen LogP contribution in [0.25, 0.3) is 16.9 Å². The fourth-order valence-corrected chi connectivity index (χ4v) is 3.21. The maximum atomic E-state index is 13.1. The summed E-state index contributed by atoms with van der Waals surface area (Å²) in [6, 6.07) is 20.8. The number of non-ortho nitro benzene ring substituents is 1. The Bertz CT molecular complexity index is 1260. The Morgan fingerprint density at radius 3 is 2.32 bits per heavy atom. The quantitative estimate of drug-likeness (QED) is 0.377. The van der Waals surface area contributed by atoms with Gasteiger partial charge >= 0.3 is 0 Å². The summed E-state index contributed by atoms with van der Waals surface area (Å²) >= 11 is 0. The Hall–Kier alpha value is -4.33. The summed E-state index contributed by atoms with van der Waals surface area (Å²) in [6.45, 7) is 3.90. The molecule has 0 aliphatic heterocycles. The van der Waals surface area contributed by atoms with Crippen molar-refractivity contribution < 1.29 is 9.72 Å². The molecule has 0 aliphatic carbocycles. The second-order valence-corrected chi connectivity index (χ2v) is 7.10. The molecule has 31 heavy (non-hydrogen) atoms. The topological polar surface area (TPSA) is 103 Å². The van der Waals surface area contributed by atoms with Crippen molar-refractivity contribution in [2.75, 3.05) is 5.32 Å². The van der Waals surface area contributed by atoms with E-state index in [1.165, 1.54) is 16.9 Å². The third-order valence-corrected chi connectivity index (χ3v) is 4.80. The number of hydrogen-bond acceptors (Lipinski definition) is 5. The van der Waals surface area contributed by atoms with Crippen LogP contribution in [0.4, 0.5) is 11.4 Å². The van der Waals surface area contributed by atoms with Crippen molar-refractivity contribution >= 4 is 17.3 Å².